The maximum atomic E-state index is 12.3. The first-order chi connectivity index (χ1) is 12.6. The van der Waals surface area contributed by atoms with Crippen LogP contribution in [0.3, 0.4) is 0 Å². The summed E-state index contributed by atoms with van der Waals surface area (Å²) < 4.78 is 6.15. The van der Waals surface area contributed by atoms with Crippen LogP contribution >= 0.6 is 34.7 Å². The molecule has 0 saturated heterocycles. The van der Waals surface area contributed by atoms with E-state index in [1.54, 1.807) is 36.0 Å². The molecule has 1 heterocycles. The highest BCUT2D eigenvalue weighted by molar-refractivity contribution is 8.00. The maximum Gasteiger partial charge on any atom is 0.257 e. The third-order valence-electron chi connectivity index (χ3n) is 3.31. The zero-order valence-electron chi connectivity index (χ0n) is 13.9. The Hall–Kier alpha value is -2.09. The molecule has 0 aliphatic heterocycles. The van der Waals surface area contributed by atoms with Crippen molar-refractivity contribution in [2.75, 3.05) is 11.9 Å². The highest BCUT2D eigenvalue weighted by Crippen LogP contribution is 2.29. The van der Waals surface area contributed by atoms with Gasteiger partial charge in [-0.3, -0.25) is 10.1 Å². The van der Waals surface area contributed by atoms with Crippen LogP contribution in [0.5, 0.6) is 5.75 Å². The Balaban J connectivity index is 1.56. The molecule has 1 amide bonds. The number of nitrogens with one attached hydrogen (secondary N) is 1. The van der Waals surface area contributed by atoms with E-state index in [1.807, 2.05) is 31.2 Å². The summed E-state index contributed by atoms with van der Waals surface area (Å²) in [6.45, 7) is 2.50. The van der Waals surface area contributed by atoms with Gasteiger partial charge in [0.15, 0.2) is 4.34 Å². The van der Waals surface area contributed by atoms with E-state index in [-0.39, 0.29) is 5.91 Å². The van der Waals surface area contributed by atoms with Crippen LogP contribution in [-0.4, -0.2) is 22.7 Å². The van der Waals surface area contributed by atoms with Gasteiger partial charge in [0, 0.05) is 16.3 Å². The molecule has 0 saturated carbocycles. The Morgan fingerprint density at radius 1 is 1.23 bits per heavy atom. The third kappa shape index (κ3) is 5.20. The van der Waals surface area contributed by atoms with E-state index in [1.165, 1.54) is 11.3 Å². The second-order valence-electron chi connectivity index (χ2n) is 5.20. The number of hydrogen-bond acceptors (Lipinski definition) is 6. The van der Waals surface area contributed by atoms with Crippen molar-refractivity contribution in [3.8, 4) is 5.75 Å². The van der Waals surface area contributed by atoms with E-state index >= 15 is 0 Å². The van der Waals surface area contributed by atoms with Crippen LogP contribution in [0, 0.1) is 0 Å². The molecule has 26 heavy (non-hydrogen) atoms. The average Bonchev–Trinajstić information content (AvgIpc) is 3.08. The van der Waals surface area contributed by atoms with Crippen molar-refractivity contribution in [3.63, 3.8) is 0 Å². The Bertz CT molecular complexity index is 884. The lowest BCUT2D eigenvalue weighted by atomic mass is 10.2. The van der Waals surface area contributed by atoms with Gasteiger partial charge >= 0.3 is 0 Å². The van der Waals surface area contributed by atoms with Gasteiger partial charge in [-0.1, -0.05) is 46.8 Å². The molecule has 1 aromatic heterocycles. The van der Waals surface area contributed by atoms with Crippen molar-refractivity contribution in [1.82, 2.24) is 10.2 Å². The number of thioether (sulfide) groups is 1. The van der Waals surface area contributed by atoms with Crippen molar-refractivity contribution >= 4 is 45.7 Å². The molecule has 0 radical (unpaired) electrons. The van der Waals surface area contributed by atoms with E-state index in [4.69, 9.17) is 16.3 Å². The van der Waals surface area contributed by atoms with Crippen LogP contribution in [0.4, 0.5) is 5.13 Å². The minimum absolute atomic E-state index is 0.226. The molecule has 134 valence electrons. The Morgan fingerprint density at radius 3 is 2.77 bits per heavy atom. The van der Waals surface area contributed by atoms with E-state index < -0.39 is 0 Å². The molecule has 0 aliphatic carbocycles. The van der Waals surface area contributed by atoms with Crippen LogP contribution in [0.2, 0.25) is 5.02 Å². The highest BCUT2D eigenvalue weighted by Gasteiger charge is 2.11. The third-order valence-corrected chi connectivity index (χ3v) is 5.58. The first kappa shape index (κ1) is 18.7. The van der Waals surface area contributed by atoms with Crippen molar-refractivity contribution in [3.05, 3.63) is 64.7 Å². The predicted molar refractivity (Wildman–Crippen MR) is 106 cm³/mol. The smallest absolute Gasteiger partial charge is 0.257 e. The molecule has 0 spiro atoms. The molecule has 5 nitrogen and oxygen atoms in total. The van der Waals surface area contributed by atoms with Crippen LogP contribution < -0.4 is 10.1 Å². The molecule has 0 aliphatic rings. The number of amides is 1. The number of carbonyl (C=O) groups excluding carboxylic acids is 1. The Morgan fingerprint density at radius 2 is 2.04 bits per heavy atom. The summed E-state index contributed by atoms with van der Waals surface area (Å²) in [5, 5.41) is 12.1. The summed E-state index contributed by atoms with van der Waals surface area (Å²) in [6, 6.07) is 14.7. The first-order valence-electron chi connectivity index (χ1n) is 7.89. The van der Waals surface area contributed by atoms with E-state index in [0.29, 0.717) is 22.3 Å². The van der Waals surface area contributed by atoms with Crippen LogP contribution in [-0.2, 0) is 5.75 Å². The largest absolute Gasteiger partial charge is 0.494 e. The van der Waals surface area contributed by atoms with Crippen molar-refractivity contribution in [2.24, 2.45) is 0 Å². The number of anilines is 1. The number of halogens is 1. The molecule has 2 aromatic carbocycles. The van der Waals surface area contributed by atoms with Gasteiger partial charge in [-0.2, -0.15) is 0 Å². The summed E-state index contributed by atoms with van der Waals surface area (Å²) in [4.78, 5) is 12.3. The van der Waals surface area contributed by atoms with Gasteiger partial charge in [0.1, 0.15) is 5.75 Å². The zero-order valence-corrected chi connectivity index (χ0v) is 16.3. The fourth-order valence-corrected chi connectivity index (χ4v) is 4.03. The Kier molecular flexibility index (Phi) is 6.49. The average molecular weight is 406 g/mol. The molecular formula is C18H16ClN3O2S2. The lowest BCUT2D eigenvalue weighted by Crippen LogP contribution is -2.11. The van der Waals surface area contributed by atoms with Crippen LogP contribution in [0.25, 0.3) is 0 Å². The highest BCUT2D eigenvalue weighted by atomic mass is 35.5. The molecule has 3 aromatic rings. The minimum Gasteiger partial charge on any atom is -0.494 e. The number of carbonyl (C=O) groups is 1. The number of benzene rings is 2. The number of hydrogen-bond donors (Lipinski definition) is 1. The number of nitrogens with zero attached hydrogens (tertiary/aromatic N) is 2. The standard InChI is InChI=1S/C18H16ClN3O2S2/c1-2-24-15-8-6-13(7-9-15)16(23)20-17-21-22-18(26-17)25-11-12-4-3-5-14(19)10-12/h3-10H,2,11H2,1H3,(H,20,21,23). The minimum atomic E-state index is -0.226. The summed E-state index contributed by atoms with van der Waals surface area (Å²) in [7, 11) is 0. The lowest BCUT2D eigenvalue weighted by molar-refractivity contribution is 0.102. The fraction of sp³-hybridized carbons (Fsp3) is 0.167. The van der Waals surface area contributed by atoms with Gasteiger partial charge in [-0.15, -0.1) is 10.2 Å². The van der Waals surface area contributed by atoms with E-state index in [9.17, 15) is 4.79 Å². The number of rotatable bonds is 7. The molecule has 0 unspecified atom stereocenters. The van der Waals surface area contributed by atoms with Crippen LogP contribution in [0.1, 0.15) is 22.8 Å². The molecule has 8 heteroatoms. The quantitative estimate of drug-likeness (QED) is 0.435. The topological polar surface area (TPSA) is 64.1 Å². The molecular weight excluding hydrogens is 390 g/mol. The summed E-state index contributed by atoms with van der Waals surface area (Å²) in [5.41, 5.74) is 1.65. The Labute approximate surface area is 164 Å². The fourth-order valence-electron chi connectivity index (χ4n) is 2.13. The van der Waals surface area contributed by atoms with Gasteiger partial charge in [-0.05, 0) is 48.9 Å². The van der Waals surface area contributed by atoms with Crippen molar-refractivity contribution in [2.45, 2.75) is 17.0 Å². The maximum absolute atomic E-state index is 12.3. The monoisotopic (exact) mass is 405 g/mol. The normalized spacial score (nSPS) is 10.5. The summed E-state index contributed by atoms with van der Waals surface area (Å²) >= 11 is 8.88. The van der Waals surface area contributed by atoms with E-state index in [0.717, 1.165) is 21.4 Å². The molecule has 1 N–H and O–H groups in total. The van der Waals surface area contributed by atoms with Crippen molar-refractivity contribution < 1.29 is 9.53 Å². The molecule has 0 bridgehead atoms. The predicted octanol–water partition coefficient (Wildman–Crippen LogP) is 5.13. The van der Waals surface area contributed by atoms with Gasteiger partial charge in [0.2, 0.25) is 5.13 Å². The van der Waals surface area contributed by atoms with Crippen LogP contribution in [0.15, 0.2) is 52.9 Å². The van der Waals surface area contributed by atoms with Crippen molar-refractivity contribution in [1.29, 1.82) is 0 Å². The van der Waals surface area contributed by atoms with Gasteiger partial charge in [0.05, 0.1) is 6.61 Å². The molecule has 3 rings (SSSR count). The van der Waals surface area contributed by atoms with Gasteiger partial charge < -0.3 is 4.74 Å². The molecule has 0 atom stereocenters. The van der Waals surface area contributed by atoms with E-state index in [2.05, 4.69) is 15.5 Å². The summed E-state index contributed by atoms with van der Waals surface area (Å²) in [5.74, 6) is 1.25. The second-order valence-corrected chi connectivity index (χ2v) is 7.84. The number of aromatic nitrogens is 2. The first-order valence-corrected chi connectivity index (χ1v) is 10.1. The SMILES string of the molecule is CCOc1ccc(C(=O)Nc2nnc(SCc3cccc(Cl)c3)s2)cc1. The molecule has 0 fully saturated rings. The summed E-state index contributed by atoms with van der Waals surface area (Å²) in [6.07, 6.45) is 0. The lowest BCUT2D eigenvalue weighted by Gasteiger charge is -2.04. The number of ether oxygens (including phenoxy) is 1. The van der Waals surface area contributed by atoms with Gasteiger partial charge in [0.25, 0.3) is 5.91 Å². The second kappa shape index (κ2) is 9.02. The zero-order chi connectivity index (χ0) is 18.4. The van der Waals surface area contributed by atoms with Gasteiger partial charge in [-0.25, -0.2) is 0 Å².